The van der Waals surface area contributed by atoms with E-state index < -0.39 is 0 Å². The zero-order valence-electron chi connectivity index (χ0n) is 24.4. The molecule has 0 saturated heterocycles. The molecule has 208 valence electrons. The highest BCUT2D eigenvalue weighted by molar-refractivity contribution is 5.64. The lowest BCUT2D eigenvalue weighted by Gasteiger charge is -2.14. The third-order valence-corrected chi connectivity index (χ3v) is 7.45. The Morgan fingerprint density at radius 3 is 1.38 bits per heavy atom. The van der Waals surface area contributed by atoms with Gasteiger partial charge in [-0.05, 0) is 48.6 Å². The van der Waals surface area contributed by atoms with Crippen LogP contribution in [0.1, 0.15) is 142 Å². The second-order valence-corrected chi connectivity index (χ2v) is 10.8. The quantitative estimate of drug-likeness (QED) is 0.139. The number of rotatable bonds is 23. The summed E-state index contributed by atoms with van der Waals surface area (Å²) in [7, 11) is 0. The minimum atomic E-state index is 0.148. The maximum atomic E-state index is 6.12. The van der Waals surface area contributed by atoms with Crippen LogP contribution in [0.4, 0.5) is 0 Å². The van der Waals surface area contributed by atoms with Gasteiger partial charge in [0.15, 0.2) is 0 Å². The molecule has 0 heterocycles. The van der Waals surface area contributed by atoms with Crippen LogP contribution in [-0.2, 0) is 4.74 Å². The van der Waals surface area contributed by atoms with Crippen molar-refractivity contribution >= 4 is 0 Å². The summed E-state index contributed by atoms with van der Waals surface area (Å²) in [6.45, 7) is 8.40. The molecular formula is C35H56O2. The van der Waals surface area contributed by atoms with E-state index in [9.17, 15) is 0 Å². The topological polar surface area (TPSA) is 18.5 Å². The molecule has 0 aliphatic heterocycles. The summed E-state index contributed by atoms with van der Waals surface area (Å²) in [5.41, 5.74) is 3.73. The fraction of sp³-hybridized carbons (Fsp3) is 0.657. The van der Waals surface area contributed by atoms with E-state index >= 15 is 0 Å². The van der Waals surface area contributed by atoms with Crippen molar-refractivity contribution in [1.82, 2.24) is 0 Å². The lowest BCUT2D eigenvalue weighted by Crippen LogP contribution is -2.01. The van der Waals surface area contributed by atoms with Crippen LogP contribution in [0.3, 0.4) is 0 Å². The smallest absolute Gasteiger partial charge is 0.119 e. The largest absolute Gasteiger partial charge is 0.494 e. The molecule has 0 aliphatic rings. The van der Waals surface area contributed by atoms with Gasteiger partial charge in [0.1, 0.15) is 5.75 Å². The van der Waals surface area contributed by atoms with Gasteiger partial charge in [-0.15, -0.1) is 0 Å². The zero-order chi connectivity index (χ0) is 26.4. The summed E-state index contributed by atoms with van der Waals surface area (Å²) in [4.78, 5) is 0. The highest BCUT2D eigenvalue weighted by atomic mass is 16.5. The van der Waals surface area contributed by atoms with Crippen LogP contribution in [0.15, 0.2) is 48.5 Å². The maximum Gasteiger partial charge on any atom is 0.119 e. The van der Waals surface area contributed by atoms with Gasteiger partial charge in [-0.1, -0.05) is 147 Å². The van der Waals surface area contributed by atoms with Crippen LogP contribution >= 0.6 is 0 Å². The Bertz CT molecular complexity index is 765. The average Bonchev–Trinajstić information content (AvgIpc) is 2.93. The first-order valence-electron chi connectivity index (χ1n) is 15.7. The first-order valence-corrected chi connectivity index (χ1v) is 15.7. The van der Waals surface area contributed by atoms with Gasteiger partial charge in [0, 0.05) is 6.61 Å². The SMILES string of the molecule is CCCCCCCCCCCCOC(C)c1ccc(-c2ccc(OCCCCCCCCC)cc2)cc1. The summed E-state index contributed by atoms with van der Waals surface area (Å²) in [6, 6.07) is 17.4. The molecule has 0 bridgehead atoms. The average molecular weight is 509 g/mol. The van der Waals surface area contributed by atoms with Gasteiger partial charge in [0.2, 0.25) is 0 Å². The monoisotopic (exact) mass is 508 g/mol. The molecule has 0 N–H and O–H groups in total. The van der Waals surface area contributed by atoms with E-state index in [1.165, 1.54) is 119 Å². The molecule has 0 aliphatic carbocycles. The molecule has 2 nitrogen and oxygen atoms in total. The Labute approximate surface area is 229 Å². The second kappa shape index (κ2) is 21.2. The molecule has 0 saturated carbocycles. The number of ether oxygens (including phenoxy) is 2. The van der Waals surface area contributed by atoms with Crippen molar-refractivity contribution in [3.8, 4) is 16.9 Å². The van der Waals surface area contributed by atoms with Crippen LogP contribution in [0.2, 0.25) is 0 Å². The molecule has 0 amide bonds. The van der Waals surface area contributed by atoms with Crippen molar-refractivity contribution in [3.63, 3.8) is 0 Å². The summed E-state index contributed by atoms with van der Waals surface area (Å²) in [5.74, 6) is 0.973. The minimum absolute atomic E-state index is 0.148. The van der Waals surface area contributed by atoms with Crippen LogP contribution in [0.25, 0.3) is 11.1 Å². The molecule has 37 heavy (non-hydrogen) atoms. The highest BCUT2D eigenvalue weighted by Gasteiger charge is 2.07. The van der Waals surface area contributed by atoms with Crippen molar-refractivity contribution < 1.29 is 9.47 Å². The molecule has 0 spiro atoms. The molecule has 2 aromatic carbocycles. The normalized spacial score (nSPS) is 12.1. The molecule has 0 radical (unpaired) electrons. The highest BCUT2D eigenvalue weighted by Crippen LogP contribution is 2.26. The van der Waals surface area contributed by atoms with Crippen molar-refractivity contribution in [1.29, 1.82) is 0 Å². The molecule has 1 atom stereocenters. The van der Waals surface area contributed by atoms with Crippen LogP contribution < -0.4 is 4.74 Å². The summed E-state index contributed by atoms with van der Waals surface area (Å²) >= 11 is 0. The van der Waals surface area contributed by atoms with E-state index in [4.69, 9.17) is 9.47 Å². The van der Waals surface area contributed by atoms with Gasteiger partial charge in [-0.3, -0.25) is 0 Å². The van der Waals surface area contributed by atoms with E-state index in [2.05, 4.69) is 69.3 Å². The van der Waals surface area contributed by atoms with Gasteiger partial charge < -0.3 is 9.47 Å². The fourth-order valence-electron chi connectivity index (χ4n) is 4.89. The van der Waals surface area contributed by atoms with Crippen LogP contribution in [0, 0.1) is 0 Å². The van der Waals surface area contributed by atoms with Gasteiger partial charge in [0.25, 0.3) is 0 Å². The van der Waals surface area contributed by atoms with Crippen LogP contribution in [-0.4, -0.2) is 13.2 Å². The second-order valence-electron chi connectivity index (χ2n) is 10.8. The third kappa shape index (κ3) is 14.6. The van der Waals surface area contributed by atoms with Crippen molar-refractivity contribution in [3.05, 3.63) is 54.1 Å². The summed E-state index contributed by atoms with van der Waals surface area (Å²) < 4.78 is 12.1. The van der Waals surface area contributed by atoms with E-state index in [1.54, 1.807) is 0 Å². The first kappa shape index (κ1) is 31.4. The number of benzene rings is 2. The van der Waals surface area contributed by atoms with Crippen molar-refractivity contribution in [2.45, 2.75) is 136 Å². The van der Waals surface area contributed by atoms with Gasteiger partial charge in [-0.25, -0.2) is 0 Å². The molecule has 2 rings (SSSR count). The molecular weight excluding hydrogens is 452 g/mol. The Balaban J connectivity index is 1.58. The standard InChI is InChI=1S/C35H56O2/c1-4-6-8-10-12-13-14-16-17-19-29-36-31(3)32-21-23-33(24-22-32)34-25-27-35(28-26-34)37-30-20-18-15-11-9-7-5-2/h21-28,31H,4-20,29-30H2,1-3H3. The van der Waals surface area contributed by atoms with Gasteiger partial charge in [-0.2, -0.15) is 0 Å². The van der Waals surface area contributed by atoms with Crippen molar-refractivity contribution in [2.75, 3.05) is 13.2 Å². The Morgan fingerprint density at radius 2 is 0.892 bits per heavy atom. The summed E-state index contributed by atoms with van der Waals surface area (Å²) in [5, 5.41) is 0. The summed E-state index contributed by atoms with van der Waals surface area (Å²) in [6.07, 6.45) is 22.9. The lowest BCUT2D eigenvalue weighted by molar-refractivity contribution is 0.0627. The molecule has 0 fully saturated rings. The van der Waals surface area contributed by atoms with E-state index in [-0.39, 0.29) is 6.10 Å². The maximum absolute atomic E-state index is 6.12. The van der Waals surface area contributed by atoms with E-state index in [1.807, 2.05) is 0 Å². The third-order valence-electron chi connectivity index (χ3n) is 7.45. The van der Waals surface area contributed by atoms with E-state index in [0.29, 0.717) is 0 Å². The van der Waals surface area contributed by atoms with Gasteiger partial charge >= 0.3 is 0 Å². The Kier molecular flexibility index (Phi) is 18.0. The number of hydrogen-bond acceptors (Lipinski definition) is 2. The lowest BCUT2D eigenvalue weighted by atomic mass is 10.0. The number of hydrogen-bond donors (Lipinski definition) is 0. The molecule has 2 aromatic rings. The predicted octanol–water partition coefficient (Wildman–Crippen LogP) is 11.5. The van der Waals surface area contributed by atoms with E-state index in [0.717, 1.165) is 25.4 Å². The van der Waals surface area contributed by atoms with Crippen molar-refractivity contribution in [2.24, 2.45) is 0 Å². The van der Waals surface area contributed by atoms with Gasteiger partial charge in [0.05, 0.1) is 12.7 Å². The Morgan fingerprint density at radius 1 is 0.486 bits per heavy atom. The fourth-order valence-corrected chi connectivity index (χ4v) is 4.89. The minimum Gasteiger partial charge on any atom is -0.494 e. The predicted molar refractivity (Wildman–Crippen MR) is 162 cm³/mol. The number of unbranched alkanes of at least 4 members (excludes halogenated alkanes) is 15. The molecule has 2 heteroatoms. The van der Waals surface area contributed by atoms with Crippen LogP contribution in [0.5, 0.6) is 5.75 Å². The molecule has 0 aromatic heterocycles. The first-order chi connectivity index (χ1) is 18.2. The molecule has 1 unspecified atom stereocenters. The Hall–Kier alpha value is -1.80. The zero-order valence-corrected chi connectivity index (χ0v) is 24.4.